The number of ether oxygens (including phenoxy) is 1. The smallest absolute Gasteiger partial charge is 0.222 e. The summed E-state index contributed by atoms with van der Waals surface area (Å²) in [6, 6.07) is 16.5. The minimum absolute atomic E-state index is 0.281. The third-order valence-corrected chi connectivity index (χ3v) is 7.47. The van der Waals surface area contributed by atoms with E-state index in [-0.39, 0.29) is 5.91 Å². The number of hydrogen-bond donors (Lipinski definition) is 0. The van der Waals surface area contributed by atoms with Gasteiger partial charge in [0.25, 0.3) is 0 Å². The number of benzene rings is 2. The molecule has 7 heteroatoms. The maximum absolute atomic E-state index is 12.6. The molecule has 0 atom stereocenters. The average Bonchev–Trinajstić information content (AvgIpc) is 3.23. The van der Waals surface area contributed by atoms with Gasteiger partial charge in [0, 0.05) is 38.4 Å². The molecule has 0 saturated carbocycles. The molecule has 1 fully saturated rings. The SMILES string of the molecule is COc1ccc2nc(N3CCN(C(=O)CCCSCc4ccccc4)CC3)sc2c1. The van der Waals surface area contributed by atoms with E-state index in [0.717, 1.165) is 65.2 Å². The van der Waals surface area contributed by atoms with E-state index in [1.165, 1.54) is 5.56 Å². The summed E-state index contributed by atoms with van der Waals surface area (Å²) in [4.78, 5) is 21.6. The van der Waals surface area contributed by atoms with Crippen LogP contribution in [0.5, 0.6) is 5.75 Å². The Morgan fingerprint density at radius 1 is 1.13 bits per heavy atom. The summed E-state index contributed by atoms with van der Waals surface area (Å²) in [5, 5.41) is 1.03. The number of rotatable bonds is 8. The molecule has 5 nitrogen and oxygen atoms in total. The molecule has 1 amide bonds. The fraction of sp³-hybridized carbons (Fsp3) is 0.391. The van der Waals surface area contributed by atoms with E-state index in [1.807, 2.05) is 40.9 Å². The maximum atomic E-state index is 12.6. The first-order chi connectivity index (χ1) is 14.7. The predicted octanol–water partition coefficient (Wildman–Crippen LogP) is 4.67. The Kier molecular flexibility index (Phi) is 7.12. The molecule has 0 spiro atoms. The van der Waals surface area contributed by atoms with E-state index in [9.17, 15) is 4.79 Å². The highest BCUT2D eigenvalue weighted by Crippen LogP contribution is 2.31. The normalized spacial score (nSPS) is 14.3. The van der Waals surface area contributed by atoms with Gasteiger partial charge in [-0.3, -0.25) is 4.79 Å². The molecule has 30 heavy (non-hydrogen) atoms. The van der Waals surface area contributed by atoms with Crippen molar-refractivity contribution in [2.45, 2.75) is 18.6 Å². The van der Waals surface area contributed by atoms with Crippen molar-refractivity contribution in [2.24, 2.45) is 0 Å². The molecule has 1 saturated heterocycles. The van der Waals surface area contributed by atoms with Crippen molar-refractivity contribution in [3.05, 3.63) is 54.1 Å². The van der Waals surface area contributed by atoms with Crippen LogP contribution in [0.1, 0.15) is 18.4 Å². The predicted molar refractivity (Wildman–Crippen MR) is 127 cm³/mol. The monoisotopic (exact) mass is 441 g/mol. The summed E-state index contributed by atoms with van der Waals surface area (Å²) < 4.78 is 6.44. The summed E-state index contributed by atoms with van der Waals surface area (Å²) in [5.41, 5.74) is 2.35. The Hall–Kier alpha value is -2.25. The molecule has 0 radical (unpaired) electrons. The quantitative estimate of drug-likeness (QED) is 0.476. The number of fused-ring (bicyclic) bond motifs is 1. The highest BCUT2D eigenvalue weighted by Gasteiger charge is 2.22. The number of carbonyl (C=O) groups excluding carboxylic acids is 1. The number of thioether (sulfide) groups is 1. The molecule has 2 heterocycles. The van der Waals surface area contributed by atoms with Crippen LogP contribution < -0.4 is 9.64 Å². The molecule has 3 aromatic rings. The first-order valence-corrected chi connectivity index (χ1v) is 12.3. The van der Waals surface area contributed by atoms with Gasteiger partial charge in [0.2, 0.25) is 5.91 Å². The van der Waals surface area contributed by atoms with Crippen molar-refractivity contribution in [1.82, 2.24) is 9.88 Å². The van der Waals surface area contributed by atoms with Crippen molar-refractivity contribution >= 4 is 44.4 Å². The highest BCUT2D eigenvalue weighted by atomic mass is 32.2. The lowest BCUT2D eigenvalue weighted by atomic mass is 10.2. The lowest BCUT2D eigenvalue weighted by Gasteiger charge is -2.34. The molecular weight excluding hydrogens is 414 g/mol. The Morgan fingerprint density at radius 3 is 2.70 bits per heavy atom. The zero-order valence-corrected chi connectivity index (χ0v) is 18.9. The number of amides is 1. The topological polar surface area (TPSA) is 45.7 Å². The fourth-order valence-corrected chi connectivity index (χ4v) is 5.52. The third-order valence-electron chi connectivity index (χ3n) is 5.28. The van der Waals surface area contributed by atoms with Crippen LogP contribution in [0.3, 0.4) is 0 Å². The number of hydrogen-bond acceptors (Lipinski definition) is 6. The second kappa shape index (κ2) is 10.2. The summed E-state index contributed by atoms with van der Waals surface area (Å²) in [7, 11) is 1.68. The Labute approximate surface area is 186 Å². The number of anilines is 1. The highest BCUT2D eigenvalue weighted by molar-refractivity contribution is 7.98. The molecule has 1 aliphatic rings. The van der Waals surface area contributed by atoms with Gasteiger partial charge in [-0.25, -0.2) is 4.98 Å². The molecule has 4 rings (SSSR count). The number of thiazole rings is 1. The number of nitrogens with zero attached hydrogens (tertiary/aromatic N) is 3. The molecule has 2 aromatic carbocycles. The molecule has 0 aliphatic carbocycles. The molecule has 0 bridgehead atoms. The van der Waals surface area contributed by atoms with Gasteiger partial charge < -0.3 is 14.5 Å². The number of piperazine rings is 1. The van der Waals surface area contributed by atoms with Gasteiger partial charge in [-0.2, -0.15) is 11.8 Å². The van der Waals surface area contributed by atoms with Crippen LogP contribution >= 0.6 is 23.1 Å². The second-order valence-corrected chi connectivity index (χ2v) is 9.45. The van der Waals surface area contributed by atoms with Gasteiger partial charge in [-0.15, -0.1) is 0 Å². The first kappa shape index (κ1) is 21.0. The number of aromatic nitrogens is 1. The first-order valence-electron chi connectivity index (χ1n) is 10.3. The van der Waals surface area contributed by atoms with Crippen molar-refractivity contribution in [3.63, 3.8) is 0 Å². The van der Waals surface area contributed by atoms with Gasteiger partial charge in [0.15, 0.2) is 5.13 Å². The van der Waals surface area contributed by atoms with Crippen LogP contribution in [0.2, 0.25) is 0 Å². The Balaban J connectivity index is 1.20. The van der Waals surface area contributed by atoms with Gasteiger partial charge in [-0.1, -0.05) is 41.7 Å². The van der Waals surface area contributed by atoms with Crippen LogP contribution in [0, 0.1) is 0 Å². The van der Waals surface area contributed by atoms with Gasteiger partial charge in [0.05, 0.1) is 17.3 Å². The lowest BCUT2D eigenvalue weighted by molar-refractivity contribution is -0.131. The number of carbonyl (C=O) groups is 1. The fourth-order valence-electron chi connectivity index (χ4n) is 3.55. The Bertz CT molecular complexity index is 969. The molecule has 158 valence electrons. The molecule has 1 aliphatic heterocycles. The molecule has 0 N–H and O–H groups in total. The van der Waals surface area contributed by atoms with Crippen molar-refractivity contribution in [2.75, 3.05) is 43.9 Å². The van der Waals surface area contributed by atoms with Crippen LogP contribution in [-0.2, 0) is 10.5 Å². The standard InChI is InChI=1S/C23H27N3O2S2/c1-28-19-9-10-20-21(16-19)30-23(24-20)26-13-11-25(12-14-26)22(27)8-5-15-29-17-18-6-3-2-4-7-18/h2-4,6-7,9-10,16H,5,8,11-15,17H2,1H3. The van der Waals surface area contributed by atoms with E-state index >= 15 is 0 Å². The van der Waals surface area contributed by atoms with Gasteiger partial charge in [-0.05, 0) is 35.9 Å². The average molecular weight is 442 g/mol. The summed E-state index contributed by atoms with van der Waals surface area (Å²) in [5.74, 6) is 3.18. The molecular formula is C23H27N3O2S2. The minimum atomic E-state index is 0.281. The minimum Gasteiger partial charge on any atom is -0.497 e. The zero-order valence-electron chi connectivity index (χ0n) is 17.3. The molecule has 1 aromatic heterocycles. The largest absolute Gasteiger partial charge is 0.497 e. The molecule has 0 unspecified atom stereocenters. The van der Waals surface area contributed by atoms with E-state index in [1.54, 1.807) is 18.4 Å². The third kappa shape index (κ3) is 5.26. The van der Waals surface area contributed by atoms with E-state index < -0.39 is 0 Å². The van der Waals surface area contributed by atoms with Crippen LogP contribution in [0.25, 0.3) is 10.2 Å². The van der Waals surface area contributed by atoms with Crippen LogP contribution in [-0.4, -0.2) is 54.8 Å². The Morgan fingerprint density at radius 2 is 1.93 bits per heavy atom. The van der Waals surface area contributed by atoms with Crippen molar-refractivity contribution in [1.29, 1.82) is 0 Å². The van der Waals surface area contributed by atoms with Gasteiger partial charge in [0.1, 0.15) is 5.75 Å². The van der Waals surface area contributed by atoms with Crippen molar-refractivity contribution < 1.29 is 9.53 Å². The van der Waals surface area contributed by atoms with Gasteiger partial charge >= 0.3 is 0 Å². The summed E-state index contributed by atoms with van der Waals surface area (Å²) in [6.07, 6.45) is 1.58. The second-order valence-electron chi connectivity index (χ2n) is 7.34. The summed E-state index contributed by atoms with van der Waals surface area (Å²) in [6.45, 7) is 3.22. The van der Waals surface area contributed by atoms with Crippen LogP contribution in [0.4, 0.5) is 5.13 Å². The summed E-state index contributed by atoms with van der Waals surface area (Å²) >= 11 is 3.59. The van der Waals surface area contributed by atoms with Crippen molar-refractivity contribution in [3.8, 4) is 5.75 Å². The zero-order chi connectivity index (χ0) is 20.8. The van der Waals surface area contributed by atoms with E-state index in [0.29, 0.717) is 6.42 Å². The lowest BCUT2D eigenvalue weighted by Crippen LogP contribution is -2.48. The number of methoxy groups -OCH3 is 1. The van der Waals surface area contributed by atoms with E-state index in [2.05, 4.69) is 29.2 Å². The van der Waals surface area contributed by atoms with Crippen LogP contribution in [0.15, 0.2) is 48.5 Å². The maximum Gasteiger partial charge on any atom is 0.222 e. The van der Waals surface area contributed by atoms with E-state index in [4.69, 9.17) is 9.72 Å².